The van der Waals surface area contributed by atoms with Crippen molar-refractivity contribution in [2.24, 2.45) is 0 Å². The number of hydrogen-bond donors (Lipinski definition) is 1. The molecule has 0 spiro atoms. The van der Waals surface area contributed by atoms with E-state index in [2.05, 4.69) is 9.97 Å². The molecule has 1 heterocycles. The van der Waals surface area contributed by atoms with Crippen molar-refractivity contribution in [3.8, 4) is 5.88 Å². The van der Waals surface area contributed by atoms with Gasteiger partial charge in [0.25, 0.3) is 0 Å². The van der Waals surface area contributed by atoms with Gasteiger partial charge in [-0.25, -0.2) is 9.97 Å². The topological polar surface area (TPSA) is 46.0 Å². The third-order valence-corrected chi connectivity index (χ3v) is 1.69. The van der Waals surface area contributed by atoms with Crippen LogP contribution in [0.1, 0.15) is 0 Å². The molecule has 1 aromatic carbocycles. The summed E-state index contributed by atoms with van der Waals surface area (Å²) in [5.41, 5.74) is 2.65. The molecule has 0 unspecified atom stereocenters. The Hall–Kier alpha value is -1.58. The van der Waals surface area contributed by atoms with Crippen molar-refractivity contribution in [3.63, 3.8) is 0 Å². The normalized spacial score (nSPS) is 10.3. The number of benzene rings is 1. The standard InChI is InChI=1S/C8H7BN2O/c9-5-1-2-6-7(3-5)11-8(12)4-10-6/h1-4H,9H2,(H,11,12). The van der Waals surface area contributed by atoms with E-state index in [1.54, 1.807) is 0 Å². The fraction of sp³-hybridized carbons (Fsp3) is 0. The molecule has 58 valence electrons. The Morgan fingerprint density at radius 1 is 1.25 bits per heavy atom. The SMILES string of the molecule is Bc1ccc2ncc(O)nc2c1. The summed E-state index contributed by atoms with van der Waals surface area (Å²) in [5.74, 6) is -0.0342. The minimum Gasteiger partial charge on any atom is -0.492 e. The fourth-order valence-electron chi connectivity index (χ4n) is 1.11. The van der Waals surface area contributed by atoms with Crippen LogP contribution in [0.3, 0.4) is 0 Å². The molecule has 0 saturated carbocycles. The van der Waals surface area contributed by atoms with Gasteiger partial charge in [0.15, 0.2) is 0 Å². The highest BCUT2D eigenvalue weighted by molar-refractivity contribution is 6.33. The Morgan fingerprint density at radius 3 is 2.92 bits per heavy atom. The van der Waals surface area contributed by atoms with Crippen LogP contribution in [0.5, 0.6) is 5.88 Å². The Labute approximate surface area is 70.5 Å². The van der Waals surface area contributed by atoms with Crippen molar-refractivity contribution in [2.45, 2.75) is 0 Å². The van der Waals surface area contributed by atoms with Crippen LogP contribution in [-0.2, 0) is 0 Å². The Bertz CT molecular complexity index is 394. The second kappa shape index (κ2) is 2.48. The molecule has 3 nitrogen and oxygen atoms in total. The van der Waals surface area contributed by atoms with Crippen LogP contribution in [0.2, 0.25) is 0 Å². The van der Waals surface area contributed by atoms with Gasteiger partial charge in [-0.3, -0.25) is 0 Å². The van der Waals surface area contributed by atoms with Gasteiger partial charge in [0.05, 0.1) is 17.2 Å². The molecule has 0 aliphatic carbocycles. The van der Waals surface area contributed by atoms with Gasteiger partial charge >= 0.3 is 0 Å². The van der Waals surface area contributed by atoms with Gasteiger partial charge < -0.3 is 5.11 Å². The average molecular weight is 158 g/mol. The average Bonchev–Trinajstić information content (AvgIpc) is 2.03. The lowest BCUT2D eigenvalue weighted by Gasteiger charge is -1.97. The smallest absolute Gasteiger partial charge is 0.230 e. The van der Waals surface area contributed by atoms with Crippen molar-refractivity contribution in [2.75, 3.05) is 0 Å². The van der Waals surface area contributed by atoms with E-state index in [9.17, 15) is 0 Å². The third kappa shape index (κ3) is 1.11. The van der Waals surface area contributed by atoms with Crippen LogP contribution in [0.15, 0.2) is 24.4 Å². The highest BCUT2D eigenvalue weighted by Gasteiger charge is 1.96. The maximum atomic E-state index is 9.05. The first kappa shape index (κ1) is 7.09. The highest BCUT2D eigenvalue weighted by Crippen LogP contribution is 2.09. The molecule has 2 rings (SSSR count). The minimum atomic E-state index is -0.0342. The zero-order valence-electron chi connectivity index (χ0n) is 6.65. The lowest BCUT2D eigenvalue weighted by Crippen LogP contribution is -2.00. The van der Waals surface area contributed by atoms with Crippen LogP contribution < -0.4 is 5.46 Å². The van der Waals surface area contributed by atoms with Gasteiger partial charge in [-0.1, -0.05) is 11.5 Å². The van der Waals surface area contributed by atoms with Gasteiger partial charge in [0, 0.05) is 0 Å². The Morgan fingerprint density at radius 2 is 2.08 bits per heavy atom. The highest BCUT2D eigenvalue weighted by atomic mass is 16.3. The predicted molar refractivity (Wildman–Crippen MR) is 49.4 cm³/mol. The van der Waals surface area contributed by atoms with E-state index in [0.717, 1.165) is 16.5 Å². The third-order valence-electron chi connectivity index (χ3n) is 1.69. The molecule has 0 aliphatic heterocycles. The largest absolute Gasteiger partial charge is 0.492 e. The summed E-state index contributed by atoms with van der Waals surface area (Å²) in [6, 6.07) is 5.74. The number of aromatic nitrogens is 2. The molecule has 12 heavy (non-hydrogen) atoms. The summed E-state index contributed by atoms with van der Waals surface area (Å²) < 4.78 is 0. The van der Waals surface area contributed by atoms with E-state index in [4.69, 9.17) is 5.11 Å². The zero-order chi connectivity index (χ0) is 8.55. The van der Waals surface area contributed by atoms with E-state index < -0.39 is 0 Å². The molecule has 0 fully saturated rings. The molecule has 2 aromatic rings. The lowest BCUT2D eigenvalue weighted by atomic mass is 9.96. The number of rotatable bonds is 0. The first-order valence-electron chi connectivity index (χ1n) is 3.68. The predicted octanol–water partition coefficient (Wildman–Crippen LogP) is -0.406. The number of fused-ring (bicyclic) bond motifs is 1. The van der Waals surface area contributed by atoms with Gasteiger partial charge in [-0.2, -0.15) is 0 Å². The van der Waals surface area contributed by atoms with Crippen LogP contribution in [0.25, 0.3) is 11.0 Å². The van der Waals surface area contributed by atoms with Crippen molar-refractivity contribution in [1.29, 1.82) is 0 Å². The molecular weight excluding hydrogens is 151 g/mol. The van der Waals surface area contributed by atoms with Crippen molar-refractivity contribution in [1.82, 2.24) is 9.97 Å². The quantitative estimate of drug-likeness (QED) is 0.530. The van der Waals surface area contributed by atoms with E-state index in [0.29, 0.717) is 0 Å². The van der Waals surface area contributed by atoms with Crippen LogP contribution in [-0.4, -0.2) is 22.9 Å². The monoisotopic (exact) mass is 158 g/mol. The van der Waals surface area contributed by atoms with Gasteiger partial charge in [-0.15, -0.1) is 0 Å². The van der Waals surface area contributed by atoms with E-state index in [-0.39, 0.29) is 5.88 Å². The molecule has 0 radical (unpaired) electrons. The summed E-state index contributed by atoms with van der Waals surface area (Å²) in [5, 5.41) is 9.05. The van der Waals surface area contributed by atoms with Gasteiger partial charge in [0.1, 0.15) is 7.85 Å². The molecule has 0 saturated heterocycles. The molecule has 0 aliphatic rings. The van der Waals surface area contributed by atoms with Crippen LogP contribution in [0, 0.1) is 0 Å². The van der Waals surface area contributed by atoms with Crippen molar-refractivity contribution < 1.29 is 5.11 Å². The van der Waals surface area contributed by atoms with E-state index >= 15 is 0 Å². The van der Waals surface area contributed by atoms with Gasteiger partial charge in [-0.05, 0) is 12.1 Å². The summed E-state index contributed by atoms with van der Waals surface area (Å²) >= 11 is 0. The number of aromatic hydroxyl groups is 1. The Balaban J connectivity index is 2.80. The first-order valence-corrected chi connectivity index (χ1v) is 3.68. The second-order valence-electron chi connectivity index (χ2n) is 2.72. The van der Waals surface area contributed by atoms with Crippen LogP contribution >= 0.6 is 0 Å². The second-order valence-corrected chi connectivity index (χ2v) is 2.72. The molecule has 0 amide bonds. The minimum absolute atomic E-state index is 0.0342. The number of nitrogens with zero attached hydrogens (tertiary/aromatic N) is 2. The summed E-state index contributed by atoms with van der Waals surface area (Å²) in [6.07, 6.45) is 1.34. The summed E-state index contributed by atoms with van der Waals surface area (Å²) in [4.78, 5) is 7.94. The van der Waals surface area contributed by atoms with E-state index in [1.807, 2.05) is 26.0 Å². The molecular formula is C8H7BN2O. The fourth-order valence-corrected chi connectivity index (χ4v) is 1.11. The first-order chi connectivity index (χ1) is 5.75. The molecule has 1 aromatic heterocycles. The van der Waals surface area contributed by atoms with Gasteiger partial charge in [0.2, 0.25) is 5.88 Å². The van der Waals surface area contributed by atoms with Crippen molar-refractivity contribution in [3.05, 3.63) is 24.4 Å². The number of hydrogen-bond acceptors (Lipinski definition) is 3. The van der Waals surface area contributed by atoms with Crippen LogP contribution in [0.4, 0.5) is 0 Å². The molecule has 1 N–H and O–H groups in total. The Kier molecular flexibility index (Phi) is 1.47. The molecule has 4 heteroatoms. The summed E-state index contributed by atoms with van der Waals surface area (Å²) in [7, 11) is 1.98. The maximum Gasteiger partial charge on any atom is 0.230 e. The van der Waals surface area contributed by atoms with E-state index in [1.165, 1.54) is 6.20 Å². The molecule has 0 atom stereocenters. The lowest BCUT2D eigenvalue weighted by molar-refractivity contribution is 0.453. The molecule has 0 bridgehead atoms. The maximum absolute atomic E-state index is 9.05. The van der Waals surface area contributed by atoms with Crippen molar-refractivity contribution >= 4 is 24.3 Å². The zero-order valence-corrected chi connectivity index (χ0v) is 6.65. The summed E-state index contributed by atoms with van der Waals surface area (Å²) in [6.45, 7) is 0.